The Balaban J connectivity index is 1.77. The third-order valence-corrected chi connectivity index (χ3v) is 9.01. The van der Waals surface area contributed by atoms with E-state index in [0.717, 1.165) is 16.0 Å². The molecule has 0 aliphatic heterocycles. The third-order valence-electron chi connectivity index (χ3n) is 6.02. The molecular weight excluding hydrogens is 689 g/mol. The fourth-order valence-electron chi connectivity index (χ4n) is 4.20. The summed E-state index contributed by atoms with van der Waals surface area (Å²) in [5.41, 5.74) is -3.40. The molecule has 0 atom stereocenters. The summed E-state index contributed by atoms with van der Waals surface area (Å²) in [5.74, 6) is -1.30. The number of benzene rings is 2. The zero-order chi connectivity index (χ0) is 32.8. The molecule has 0 bridgehead atoms. The van der Waals surface area contributed by atoms with Gasteiger partial charge in [-0.2, -0.15) is 41.3 Å². The van der Waals surface area contributed by atoms with Gasteiger partial charge in [-0.05, 0) is 48.0 Å². The highest BCUT2D eigenvalue weighted by Gasteiger charge is 2.38. The molecule has 5 aromatic rings. The molecule has 3 aromatic heterocycles. The molecule has 19 heteroatoms. The number of H-pyrrole nitrogens is 1. The summed E-state index contributed by atoms with van der Waals surface area (Å²) in [6.45, 7) is 5.23. The van der Waals surface area contributed by atoms with Gasteiger partial charge in [0, 0.05) is 16.4 Å². The van der Waals surface area contributed by atoms with Crippen LogP contribution >= 0.6 is 46.3 Å². The van der Waals surface area contributed by atoms with Gasteiger partial charge in [-0.15, -0.1) is 16.9 Å². The molecule has 0 fully saturated rings. The van der Waals surface area contributed by atoms with Gasteiger partial charge in [0.1, 0.15) is 5.69 Å². The number of halogens is 8. The predicted molar refractivity (Wildman–Crippen MR) is 158 cm³/mol. The van der Waals surface area contributed by atoms with Crippen LogP contribution in [0.5, 0.6) is 0 Å². The molecule has 9 nitrogen and oxygen atoms in total. The minimum atomic E-state index is -5.13. The Bertz CT molecular complexity index is 1850. The Morgan fingerprint density at radius 1 is 1.00 bits per heavy atom. The first kappa shape index (κ1) is 32.7. The number of hydrogen-bond acceptors (Lipinski definition) is 8. The first-order valence-electron chi connectivity index (χ1n) is 12.6. The van der Waals surface area contributed by atoms with Crippen LogP contribution in [0.1, 0.15) is 41.2 Å². The average Bonchev–Trinajstić information content (AvgIpc) is 3.68. The van der Waals surface area contributed by atoms with Crippen LogP contribution in [0.4, 0.5) is 32.3 Å². The molecule has 45 heavy (non-hydrogen) atoms. The number of aryl methyl sites for hydroxylation is 1. The van der Waals surface area contributed by atoms with Crippen molar-refractivity contribution in [3.63, 3.8) is 0 Å². The molecule has 0 aliphatic rings. The molecule has 0 radical (unpaired) electrons. The molecule has 0 spiro atoms. The number of rotatable bonds is 7. The number of nitrogens with one attached hydrogen (secondary N) is 2. The number of aromatic nitrogens is 7. The van der Waals surface area contributed by atoms with Crippen LogP contribution in [0, 0.1) is 6.92 Å². The third kappa shape index (κ3) is 6.95. The van der Waals surface area contributed by atoms with E-state index < -0.39 is 40.6 Å². The summed E-state index contributed by atoms with van der Waals surface area (Å²) in [5, 5.41) is 20.2. The largest absolute Gasteiger partial charge is 0.416 e. The van der Waals surface area contributed by atoms with Crippen LogP contribution in [0.25, 0.3) is 27.5 Å². The summed E-state index contributed by atoms with van der Waals surface area (Å²) >= 11 is 14.9. The average molecular weight is 708 g/mol. The molecule has 0 saturated carbocycles. The Kier molecular flexibility index (Phi) is 8.91. The van der Waals surface area contributed by atoms with Crippen molar-refractivity contribution in [3.8, 4) is 27.5 Å². The van der Waals surface area contributed by atoms with Gasteiger partial charge in [-0.25, -0.2) is 4.98 Å². The standard InChI is InChI=1S/C26H18Cl2F6N8OS2/c1-10(2)44-22-19(12-4-5-16(27)17(28)8-12)35-24(45-22)42-20(21(43)36-23-37-40-41-38-23)18(11(3)39-42)13-6-14(25(29,30)31)9-15(7-13)26(32,33)34/h4-10H,1-3H3,(H2,36,37,38,40,41,43). The number of alkyl halides is 6. The highest BCUT2D eigenvalue weighted by molar-refractivity contribution is 8.01. The van der Waals surface area contributed by atoms with Gasteiger partial charge in [0.15, 0.2) is 0 Å². The van der Waals surface area contributed by atoms with Crippen LogP contribution in [-0.4, -0.2) is 46.5 Å². The maximum absolute atomic E-state index is 13.8. The van der Waals surface area contributed by atoms with E-state index in [9.17, 15) is 31.1 Å². The number of anilines is 1. The van der Waals surface area contributed by atoms with Gasteiger partial charge >= 0.3 is 12.4 Å². The van der Waals surface area contributed by atoms with Crippen LogP contribution in [0.15, 0.2) is 40.6 Å². The molecule has 2 N–H and O–H groups in total. The number of amides is 1. The second-order valence-corrected chi connectivity index (χ2v) is 13.3. The van der Waals surface area contributed by atoms with E-state index in [4.69, 9.17) is 23.2 Å². The summed E-state index contributed by atoms with van der Waals surface area (Å²) in [7, 11) is 0. The maximum atomic E-state index is 13.8. The lowest BCUT2D eigenvalue weighted by molar-refractivity contribution is -0.143. The van der Waals surface area contributed by atoms with Crippen molar-refractivity contribution in [3.05, 3.63) is 69.0 Å². The number of thioether (sulfide) groups is 1. The number of tetrazole rings is 1. The normalized spacial score (nSPS) is 12.3. The van der Waals surface area contributed by atoms with E-state index in [1.165, 1.54) is 18.7 Å². The second kappa shape index (κ2) is 12.3. The minimum absolute atomic E-state index is 0.00206. The minimum Gasteiger partial charge on any atom is -0.286 e. The monoisotopic (exact) mass is 706 g/mol. The first-order chi connectivity index (χ1) is 21.0. The van der Waals surface area contributed by atoms with Crippen molar-refractivity contribution in [1.29, 1.82) is 0 Å². The summed E-state index contributed by atoms with van der Waals surface area (Å²) in [6.07, 6.45) is -10.3. The van der Waals surface area contributed by atoms with E-state index in [1.54, 1.807) is 18.2 Å². The molecule has 2 aromatic carbocycles. The molecule has 5 rings (SSSR count). The van der Waals surface area contributed by atoms with E-state index >= 15 is 0 Å². The summed E-state index contributed by atoms with van der Waals surface area (Å²) in [4.78, 5) is 18.4. The van der Waals surface area contributed by atoms with Crippen molar-refractivity contribution in [2.75, 3.05) is 5.32 Å². The second-order valence-electron chi connectivity index (χ2n) is 9.63. The van der Waals surface area contributed by atoms with Crippen molar-refractivity contribution in [2.45, 2.75) is 42.6 Å². The van der Waals surface area contributed by atoms with E-state index in [1.807, 2.05) is 13.8 Å². The molecule has 1 amide bonds. The molecule has 0 aliphatic carbocycles. The fourth-order valence-corrected chi connectivity index (χ4v) is 6.98. The molecular formula is C26H18Cl2F6N8OS2. The van der Waals surface area contributed by atoms with Crippen molar-refractivity contribution in [1.82, 2.24) is 35.4 Å². The van der Waals surface area contributed by atoms with E-state index in [0.29, 0.717) is 32.6 Å². The summed E-state index contributed by atoms with van der Waals surface area (Å²) < 4.78 is 84.4. The first-order valence-corrected chi connectivity index (χ1v) is 15.1. The van der Waals surface area contributed by atoms with Crippen LogP contribution in [-0.2, 0) is 12.4 Å². The Hall–Kier alpha value is -3.67. The fraction of sp³-hybridized carbons (Fsp3) is 0.231. The maximum Gasteiger partial charge on any atom is 0.416 e. The zero-order valence-corrected chi connectivity index (χ0v) is 26.1. The van der Waals surface area contributed by atoms with Gasteiger partial charge in [0.2, 0.25) is 5.13 Å². The van der Waals surface area contributed by atoms with Crippen LogP contribution in [0.3, 0.4) is 0 Å². The quantitative estimate of drug-likeness (QED) is 0.129. The number of aromatic amines is 1. The summed E-state index contributed by atoms with van der Waals surface area (Å²) in [6, 6.07) is 5.91. The van der Waals surface area contributed by atoms with Crippen molar-refractivity contribution < 1.29 is 31.1 Å². The topological polar surface area (TPSA) is 114 Å². The van der Waals surface area contributed by atoms with Gasteiger partial charge in [-0.3, -0.25) is 10.1 Å². The van der Waals surface area contributed by atoms with Crippen LogP contribution < -0.4 is 5.32 Å². The highest BCUT2D eigenvalue weighted by Crippen LogP contribution is 2.44. The van der Waals surface area contributed by atoms with E-state index in [-0.39, 0.29) is 38.7 Å². The number of hydrogen-bond donors (Lipinski definition) is 2. The van der Waals surface area contributed by atoms with Gasteiger partial charge < -0.3 is 0 Å². The van der Waals surface area contributed by atoms with E-state index in [2.05, 4.69) is 36.0 Å². The molecule has 3 heterocycles. The predicted octanol–water partition coefficient (Wildman–Crippen LogP) is 8.58. The lowest BCUT2D eigenvalue weighted by Gasteiger charge is -2.15. The lowest BCUT2D eigenvalue weighted by atomic mass is 9.97. The SMILES string of the molecule is Cc1nn(-c2nc(-c3ccc(Cl)c(Cl)c3)c(SC(C)C)s2)c(C(=O)Nc2nn[nH]n2)c1-c1cc(C(F)(F)F)cc(C(F)(F)F)c1. The smallest absolute Gasteiger partial charge is 0.286 e. The zero-order valence-electron chi connectivity index (χ0n) is 23.0. The Labute approximate surface area is 268 Å². The number of carbonyl (C=O) groups excluding carboxylic acids is 1. The lowest BCUT2D eigenvalue weighted by Crippen LogP contribution is -2.19. The van der Waals surface area contributed by atoms with Gasteiger partial charge in [0.05, 0.1) is 36.8 Å². The number of nitrogens with zero attached hydrogens (tertiary/aromatic N) is 6. The Morgan fingerprint density at radius 3 is 2.22 bits per heavy atom. The van der Waals surface area contributed by atoms with Crippen LogP contribution in [0.2, 0.25) is 10.0 Å². The van der Waals surface area contributed by atoms with Gasteiger partial charge in [-0.1, -0.05) is 59.6 Å². The highest BCUT2D eigenvalue weighted by atomic mass is 35.5. The molecule has 0 unspecified atom stereocenters. The molecule has 236 valence electrons. The number of thiazole rings is 1. The van der Waals surface area contributed by atoms with Gasteiger partial charge in [0.25, 0.3) is 11.9 Å². The molecule has 0 saturated heterocycles. The number of carbonyl (C=O) groups is 1. The Morgan fingerprint density at radius 2 is 1.67 bits per heavy atom. The van der Waals surface area contributed by atoms with Crippen molar-refractivity contribution >= 4 is 58.2 Å². The van der Waals surface area contributed by atoms with Crippen molar-refractivity contribution in [2.24, 2.45) is 0 Å².